The molecule has 0 bridgehead atoms. The highest BCUT2D eigenvalue weighted by molar-refractivity contribution is 7.90. The van der Waals surface area contributed by atoms with E-state index in [9.17, 15) is 87.8 Å². The minimum Gasteiger partial charge on any atom is -0.392 e. The highest BCUT2D eigenvalue weighted by Gasteiger charge is 2.93. The third-order valence-corrected chi connectivity index (χ3v) is 6.01. The SMILES string of the molecule is C=C(C)C(=O)OC(F)(F)C(F)(F)N(CC)S(=O)(=O)C(F)(F)C(F)(F)C(F)(F)C(F)(F)C(F)(F)C(F)(F)F. The Morgan fingerprint density at radius 3 is 1.38 bits per heavy atom. The average molecular weight is 611 g/mol. The molecule has 0 saturated heterocycles. The van der Waals surface area contributed by atoms with Gasteiger partial charge < -0.3 is 4.74 Å². The van der Waals surface area contributed by atoms with Crippen LogP contribution in [-0.4, -0.2) is 72.5 Å². The zero-order chi connectivity index (χ0) is 30.6. The molecular weight excluding hydrogens is 601 g/mol. The molecule has 5 nitrogen and oxygen atoms in total. The molecule has 220 valence electrons. The van der Waals surface area contributed by atoms with Crippen LogP contribution in [-0.2, 0) is 19.6 Å². The van der Waals surface area contributed by atoms with Crippen LogP contribution in [0.15, 0.2) is 12.2 Å². The number of hydrogen-bond acceptors (Lipinski definition) is 4. The molecule has 0 aliphatic carbocycles. The standard InChI is InChI=1S/C14H10F17NO4S/c1-4-32(12(26,27)13(28,29)36-6(33)5(2)3)37(34,35)14(30,31)10(21,22)8(17,18)7(15,16)9(19,20)11(23,24)25/h2,4H2,1,3H3. The number of ether oxygens (including phenoxy) is 1. The van der Waals surface area contributed by atoms with E-state index in [1.165, 1.54) is 0 Å². The first-order chi connectivity index (χ1) is 15.8. The second-order valence-corrected chi connectivity index (χ2v) is 8.61. The molecule has 0 aliphatic rings. The maximum absolute atomic E-state index is 14.1. The molecule has 0 radical (unpaired) electrons. The van der Waals surface area contributed by atoms with Gasteiger partial charge in [0.25, 0.3) is 10.0 Å². The largest absolute Gasteiger partial charge is 0.483 e. The van der Waals surface area contributed by atoms with Gasteiger partial charge in [-0.05, 0) is 6.92 Å². The van der Waals surface area contributed by atoms with Crippen LogP contribution in [0.25, 0.3) is 0 Å². The summed E-state index contributed by atoms with van der Waals surface area (Å²) < 4.78 is 250. The second kappa shape index (κ2) is 9.29. The summed E-state index contributed by atoms with van der Waals surface area (Å²) in [5.74, 6) is -36.7. The van der Waals surface area contributed by atoms with E-state index < -0.39 is 79.7 Å². The van der Waals surface area contributed by atoms with E-state index in [1.54, 1.807) is 0 Å². The predicted molar refractivity (Wildman–Crippen MR) is 82.9 cm³/mol. The lowest BCUT2D eigenvalue weighted by molar-refractivity contribution is -0.434. The van der Waals surface area contributed by atoms with Crippen molar-refractivity contribution in [3.63, 3.8) is 0 Å². The fraction of sp³-hybridized carbons (Fsp3) is 0.786. The summed E-state index contributed by atoms with van der Waals surface area (Å²) in [4.78, 5) is 11.0. The van der Waals surface area contributed by atoms with Crippen LogP contribution in [0.2, 0.25) is 0 Å². The molecule has 0 unspecified atom stereocenters. The summed E-state index contributed by atoms with van der Waals surface area (Å²) in [6.07, 6.45) is -14.5. The zero-order valence-electron chi connectivity index (χ0n) is 17.3. The first-order valence-electron chi connectivity index (χ1n) is 8.40. The fourth-order valence-electron chi connectivity index (χ4n) is 1.99. The van der Waals surface area contributed by atoms with Gasteiger partial charge in [0.2, 0.25) is 0 Å². The minimum atomic E-state index is -8.72. The van der Waals surface area contributed by atoms with Crippen molar-refractivity contribution in [1.82, 2.24) is 4.31 Å². The van der Waals surface area contributed by atoms with Crippen LogP contribution in [0.3, 0.4) is 0 Å². The van der Waals surface area contributed by atoms with Gasteiger partial charge >= 0.3 is 53.2 Å². The number of alkyl halides is 17. The third-order valence-electron chi connectivity index (χ3n) is 4.04. The van der Waals surface area contributed by atoms with Gasteiger partial charge in [-0.1, -0.05) is 13.5 Å². The number of halogens is 17. The van der Waals surface area contributed by atoms with Crippen LogP contribution >= 0.6 is 0 Å². The van der Waals surface area contributed by atoms with Crippen LogP contribution in [0.5, 0.6) is 0 Å². The number of hydrogen-bond donors (Lipinski definition) is 0. The lowest BCUT2D eigenvalue weighted by Crippen LogP contribution is -2.73. The van der Waals surface area contributed by atoms with Gasteiger partial charge in [-0.2, -0.15) is 74.6 Å². The molecule has 0 heterocycles. The van der Waals surface area contributed by atoms with E-state index in [0.717, 1.165) is 0 Å². The molecule has 0 aromatic heterocycles. The fourth-order valence-corrected chi connectivity index (χ4v) is 3.46. The number of sulfonamides is 1. The van der Waals surface area contributed by atoms with Crippen LogP contribution in [0.4, 0.5) is 74.6 Å². The molecule has 0 aliphatic heterocycles. The van der Waals surface area contributed by atoms with Gasteiger partial charge in [0.15, 0.2) is 0 Å². The van der Waals surface area contributed by atoms with Crippen molar-refractivity contribution in [2.75, 3.05) is 6.54 Å². The van der Waals surface area contributed by atoms with Crippen LogP contribution in [0, 0.1) is 0 Å². The van der Waals surface area contributed by atoms with E-state index in [2.05, 4.69) is 11.3 Å². The van der Waals surface area contributed by atoms with Gasteiger partial charge in [-0.25, -0.2) is 13.2 Å². The van der Waals surface area contributed by atoms with Crippen molar-refractivity contribution in [2.45, 2.75) is 61.1 Å². The molecule has 0 N–H and O–H groups in total. The Morgan fingerprint density at radius 2 is 1.08 bits per heavy atom. The maximum Gasteiger partial charge on any atom is 0.483 e. The van der Waals surface area contributed by atoms with Gasteiger partial charge in [0.05, 0.1) is 0 Å². The average Bonchev–Trinajstić information content (AvgIpc) is 2.65. The molecule has 0 fully saturated rings. The van der Waals surface area contributed by atoms with Crippen molar-refractivity contribution in [3.8, 4) is 0 Å². The predicted octanol–water partition coefficient (Wildman–Crippen LogP) is 5.64. The summed E-state index contributed by atoms with van der Waals surface area (Å²) in [5, 5.41) is -8.23. The lowest BCUT2D eigenvalue weighted by Gasteiger charge is -2.41. The Morgan fingerprint density at radius 1 is 0.730 bits per heavy atom. The summed E-state index contributed by atoms with van der Waals surface area (Å²) in [6.45, 7) is 0.387. The van der Waals surface area contributed by atoms with Crippen LogP contribution < -0.4 is 0 Å². The molecule has 0 spiro atoms. The van der Waals surface area contributed by atoms with E-state index >= 15 is 0 Å². The van der Waals surface area contributed by atoms with Crippen molar-refractivity contribution in [1.29, 1.82) is 0 Å². The molecule has 0 saturated carbocycles. The molecule has 0 rings (SSSR count). The second-order valence-electron chi connectivity index (χ2n) is 6.71. The first kappa shape index (κ1) is 34.9. The van der Waals surface area contributed by atoms with Crippen molar-refractivity contribution in [2.24, 2.45) is 0 Å². The van der Waals surface area contributed by atoms with Gasteiger partial charge in [0.1, 0.15) is 0 Å². The molecule has 23 heteroatoms. The van der Waals surface area contributed by atoms with Gasteiger partial charge in [-0.3, -0.25) is 0 Å². The number of carbonyl (C=O) groups excluding carboxylic acids is 1. The summed E-state index contributed by atoms with van der Waals surface area (Å²) in [5.41, 5.74) is -1.15. The summed E-state index contributed by atoms with van der Waals surface area (Å²) in [7, 11) is -8.56. The Labute approximate surface area is 193 Å². The quantitative estimate of drug-likeness (QED) is 0.131. The smallest absolute Gasteiger partial charge is 0.392 e. The number of likely N-dealkylation sites (N-methyl/N-ethyl adjacent to an activating group) is 1. The lowest BCUT2D eigenvalue weighted by atomic mass is 9.98. The molecule has 0 aromatic rings. The third kappa shape index (κ3) is 4.91. The summed E-state index contributed by atoms with van der Waals surface area (Å²) >= 11 is 0. The van der Waals surface area contributed by atoms with E-state index in [4.69, 9.17) is 0 Å². The van der Waals surface area contributed by atoms with Crippen molar-refractivity contribution < 1.29 is 92.6 Å². The normalized spacial score (nSPS) is 15.7. The van der Waals surface area contributed by atoms with Gasteiger partial charge in [-0.15, -0.1) is 4.31 Å². The molecule has 37 heavy (non-hydrogen) atoms. The number of nitrogens with zero attached hydrogens (tertiary/aromatic N) is 1. The van der Waals surface area contributed by atoms with Crippen molar-refractivity contribution >= 4 is 16.0 Å². The van der Waals surface area contributed by atoms with Crippen molar-refractivity contribution in [3.05, 3.63) is 12.2 Å². The Kier molecular flexibility index (Phi) is 8.77. The first-order valence-corrected chi connectivity index (χ1v) is 9.84. The van der Waals surface area contributed by atoms with E-state index in [1.807, 2.05) is 0 Å². The zero-order valence-corrected chi connectivity index (χ0v) is 18.1. The summed E-state index contributed by atoms with van der Waals surface area (Å²) in [6, 6.07) is -6.93. The molecule has 0 atom stereocenters. The molecule has 0 amide bonds. The highest BCUT2D eigenvalue weighted by atomic mass is 32.2. The highest BCUT2D eigenvalue weighted by Crippen LogP contribution is 2.61. The van der Waals surface area contributed by atoms with Gasteiger partial charge in [0, 0.05) is 12.1 Å². The van der Waals surface area contributed by atoms with E-state index in [-0.39, 0.29) is 6.92 Å². The maximum atomic E-state index is 14.1. The van der Waals surface area contributed by atoms with Crippen LogP contribution in [0.1, 0.15) is 13.8 Å². The number of rotatable bonds is 11. The Bertz CT molecular complexity index is 1000. The van der Waals surface area contributed by atoms with E-state index in [0.29, 0.717) is 6.92 Å². The minimum absolute atomic E-state index is 0.152. The monoisotopic (exact) mass is 611 g/mol. The number of esters is 1. The number of carbonyl (C=O) groups is 1. The topological polar surface area (TPSA) is 63.7 Å². The molecular formula is C14H10F17NO4S. The Hall–Kier alpha value is -2.07. The molecule has 0 aromatic carbocycles. The Balaban J connectivity index is 7.04.